The van der Waals surface area contributed by atoms with Crippen molar-refractivity contribution in [3.63, 3.8) is 0 Å². The third-order valence-electron chi connectivity index (χ3n) is 3.68. The molecular formula is C13H24N4O. The molecular weight excluding hydrogens is 228 g/mol. The van der Waals surface area contributed by atoms with Crippen LogP contribution in [0.1, 0.15) is 44.4 Å². The van der Waals surface area contributed by atoms with E-state index in [-0.39, 0.29) is 6.04 Å². The number of hydrogen-bond donors (Lipinski definition) is 0. The van der Waals surface area contributed by atoms with Gasteiger partial charge in [0.05, 0.1) is 6.04 Å². The van der Waals surface area contributed by atoms with Crippen LogP contribution < -0.4 is 0 Å². The molecule has 102 valence electrons. The minimum Gasteiger partial charge on any atom is -0.338 e. The Morgan fingerprint density at radius 3 is 2.56 bits per heavy atom. The Kier molecular flexibility index (Phi) is 4.72. The fourth-order valence-electron chi connectivity index (χ4n) is 2.39. The first-order valence-corrected chi connectivity index (χ1v) is 6.97. The second-order valence-corrected chi connectivity index (χ2v) is 5.09. The highest BCUT2D eigenvalue weighted by atomic mass is 16.5. The fourth-order valence-corrected chi connectivity index (χ4v) is 2.39. The van der Waals surface area contributed by atoms with E-state index in [2.05, 4.69) is 33.8 Å². The molecule has 0 amide bonds. The van der Waals surface area contributed by atoms with Crippen molar-refractivity contribution in [2.45, 2.75) is 39.7 Å². The van der Waals surface area contributed by atoms with E-state index in [4.69, 9.17) is 4.52 Å². The Morgan fingerprint density at radius 1 is 1.28 bits per heavy atom. The number of hydrogen-bond acceptors (Lipinski definition) is 5. The molecule has 0 bridgehead atoms. The van der Waals surface area contributed by atoms with Crippen molar-refractivity contribution in [3.8, 4) is 0 Å². The summed E-state index contributed by atoms with van der Waals surface area (Å²) >= 11 is 0. The van der Waals surface area contributed by atoms with Crippen LogP contribution in [0.25, 0.3) is 0 Å². The molecule has 1 atom stereocenters. The minimum absolute atomic E-state index is 0.236. The molecule has 5 nitrogen and oxygen atoms in total. The largest absolute Gasteiger partial charge is 0.338 e. The van der Waals surface area contributed by atoms with E-state index in [9.17, 15) is 0 Å². The lowest BCUT2D eigenvalue weighted by Gasteiger charge is -2.36. The molecule has 5 heteroatoms. The number of aromatic nitrogens is 2. The van der Waals surface area contributed by atoms with E-state index in [1.165, 1.54) is 19.4 Å². The van der Waals surface area contributed by atoms with Gasteiger partial charge in [-0.25, -0.2) is 0 Å². The molecule has 2 rings (SSSR count). The van der Waals surface area contributed by atoms with Gasteiger partial charge in [-0.15, -0.1) is 0 Å². The molecule has 18 heavy (non-hydrogen) atoms. The molecule has 0 radical (unpaired) electrons. The smallest absolute Gasteiger partial charge is 0.243 e. The number of piperazine rings is 1. The maximum absolute atomic E-state index is 5.25. The first-order chi connectivity index (χ1) is 8.70. The predicted molar refractivity (Wildman–Crippen MR) is 70.4 cm³/mol. The molecule has 1 fully saturated rings. The molecule has 0 spiro atoms. The van der Waals surface area contributed by atoms with Crippen LogP contribution in [0, 0.1) is 6.92 Å². The third kappa shape index (κ3) is 3.29. The van der Waals surface area contributed by atoms with Gasteiger partial charge in [0.15, 0.2) is 5.82 Å². The summed E-state index contributed by atoms with van der Waals surface area (Å²) in [6.45, 7) is 12.0. The Balaban J connectivity index is 1.82. The maximum Gasteiger partial charge on any atom is 0.243 e. The molecule has 1 aliphatic rings. The molecule has 1 aromatic heterocycles. The zero-order chi connectivity index (χ0) is 13.0. The van der Waals surface area contributed by atoms with Crippen LogP contribution in [0.4, 0.5) is 0 Å². The minimum atomic E-state index is 0.236. The van der Waals surface area contributed by atoms with Gasteiger partial charge in [-0.3, -0.25) is 4.90 Å². The van der Waals surface area contributed by atoms with Crippen molar-refractivity contribution in [1.82, 2.24) is 19.9 Å². The van der Waals surface area contributed by atoms with Crippen molar-refractivity contribution in [2.24, 2.45) is 0 Å². The van der Waals surface area contributed by atoms with Crippen LogP contribution in [0.3, 0.4) is 0 Å². The Labute approximate surface area is 109 Å². The lowest BCUT2D eigenvalue weighted by molar-refractivity contribution is 0.0876. The van der Waals surface area contributed by atoms with Crippen LogP contribution >= 0.6 is 0 Å². The van der Waals surface area contributed by atoms with Gasteiger partial charge in [0.2, 0.25) is 5.89 Å². The van der Waals surface area contributed by atoms with Crippen molar-refractivity contribution in [3.05, 3.63) is 11.7 Å². The first kappa shape index (κ1) is 13.5. The lowest BCUT2D eigenvalue weighted by Crippen LogP contribution is -2.47. The highest BCUT2D eigenvalue weighted by Gasteiger charge is 2.24. The summed E-state index contributed by atoms with van der Waals surface area (Å²) < 4.78 is 5.25. The summed E-state index contributed by atoms with van der Waals surface area (Å²) in [5.74, 6) is 1.47. The average Bonchev–Trinajstić information content (AvgIpc) is 2.83. The molecule has 1 saturated heterocycles. The van der Waals surface area contributed by atoms with Crippen LogP contribution in [0.15, 0.2) is 4.52 Å². The summed E-state index contributed by atoms with van der Waals surface area (Å²) in [6, 6.07) is 0.236. The topological polar surface area (TPSA) is 45.4 Å². The van der Waals surface area contributed by atoms with Gasteiger partial charge in [-0.05, 0) is 26.8 Å². The number of nitrogens with zero attached hydrogens (tertiary/aromatic N) is 4. The van der Waals surface area contributed by atoms with Crippen LogP contribution in [-0.2, 0) is 0 Å². The quantitative estimate of drug-likeness (QED) is 0.800. The first-order valence-electron chi connectivity index (χ1n) is 6.97. The van der Waals surface area contributed by atoms with Crippen LogP contribution in [-0.4, -0.2) is 52.7 Å². The highest BCUT2D eigenvalue weighted by molar-refractivity contribution is 4.91. The summed E-state index contributed by atoms with van der Waals surface area (Å²) in [4.78, 5) is 9.29. The van der Waals surface area contributed by atoms with E-state index in [0.717, 1.165) is 37.9 Å². The van der Waals surface area contributed by atoms with Gasteiger partial charge in [-0.2, -0.15) is 4.98 Å². The average molecular weight is 252 g/mol. The monoisotopic (exact) mass is 252 g/mol. The summed E-state index contributed by atoms with van der Waals surface area (Å²) in [5, 5.41) is 3.86. The Morgan fingerprint density at radius 2 is 2.00 bits per heavy atom. The van der Waals surface area contributed by atoms with Crippen LogP contribution in [0.2, 0.25) is 0 Å². The molecule has 1 aromatic rings. The van der Waals surface area contributed by atoms with Gasteiger partial charge in [0.1, 0.15) is 0 Å². The molecule has 1 aliphatic heterocycles. The molecule has 0 N–H and O–H groups in total. The lowest BCUT2D eigenvalue weighted by atomic mass is 10.2. The van der Waals surface area contributed by atoms with Gasteiger partial charge in [-0.1, -0.05) is 18.5 Å². The fraction of sp³-hybridized carbons (Fsp3) is 0.846. The summed E-state index contributed by atoms with van der Waals surface area (Å²) in [5.41, 5.74) is 0. The third-order valence-corrected chi connectivity index (χ3v) is 3.68. The van der Waals surface area contributed by atoms with Crippen molar-refractivity contribution in [2.75, 3.05) is 32.7 Å². The molecule has 0 aliphatic carbocycles. The van der Waals surface area contributed by atoms with Gasteiger partial charge in [0.25, 0.3) is 0 Å². The zero-order valence-electron chi connectivity index (χ0n) is 11.7. The number of rotatable bonds is 5. The standard InChI is InChI=1S/C13H24N4O/c1-4-5-6-16-7-9-17(10-8-16)11(2)13-14-12(3)15-18-13/h11H,4-10H2,1-3H3/t11-/m1/s1. The normalized spacial score (nSPS) is 20.2. The molecule has 2 heterocycles. The molecule has 0 saturated carbocycles. The van der Waals surface area contributed by atoms with Gasteiger partial charge >= 0.3 is 0 Å². The van der Waals surface area contributed by atoms with Crippen molar-refractivity contribution in [1.29, 1.82) is 0 Å². The zero-order valence-corrected chi connectivity index (χ0v) is 11.7. The second-order valence-electron chi connectivity index (χ2n) is 5.09. The van der Waals surface area contributed by atoms with Crippen LogP contribution in [0.5, 0.6) is 0 Å². The Bertz CT molecular complexity index is 358. The van der Waals surface area contributed by atoms with Crippen molar-refractivity contribution >= 4 is 0 Å². The summed E-state index contributed by atoms with van der Waals surface area (Å²) in [6.07, 6.45) is 2.58. The van der Waals surface area contributed by atoms with E-state index < -0.39 is 0 Å². The summed E-state index contributed by atoms with van der Waals surface area (Å²) in [7, 11) is 0. The van der Waals surface area contributed by atoms with Gasteiger partial charge in [0, 0.05) is 26.2 Å². The Hall–Kier alpha value is -0.940. The van der Waals surface area contributed by atoms with E-state index in [1.54, 1.807) is 0 Å². The van der Waals surface area contributed by atoms with E-state index in [1.807, 2.05) is 6.92 Å². The number of unbranched alkanes of at least 4 members (excludes halogenated alkanes) is 1. The maximum atomic E-state index is 5.25. The second kappa shape index (κ2) is 6.29. The van der Waals surface area contributed by atoms with Crippen molar-refractivity contribution < 1.29 is 4.52 Å². The highest BCUT2D eigenvalue weighted by Crippen LogP contribution is 2.19. The molecule has 0 unspecified atom stereocenters. The molecule has 0 aromatic carbocycles. The van der Waals surface area contributed by atoms with E-state index >= 15 is 0 Å². The van der Waals surface area contributed by atoms with E-state index in [0.29, 0.717) is 0 Å². The number of aryl methyl sites for hydroxylation is 1. The SMILES string of the molecule is CCCCN1CCN([C@H](C)c2nc(C)no2)CC1. The predicted octanol–water partition coefficient (Wildman–Crippen LogP) is 1.86. The van der Waals surface area contributed by atoms with Gasteiger partial charge < -0.3 is 9.42 Å².